The average Bonchev–Trinajstić information content (AvgIpc) is 2.70. The van der Waals surface area contributed by atoms with E-state index in [9.17, 15) is 9.59 Å². The van der Waals surface area contributed by atoms with Crippen LogP contribution in [0, 0.1) is 16.7 Å². The topological polar surface area (TPSA) is 66.4 Å². The summed E-state index contributed by atoms with van der Waals surface area (Å²) in [4.78, 5) is 22.8. The summed E-state index contributed by atoms with van der Waals surface area (Å²) in [5.41, 5.74) is 0.0893. The number of hydrogen-bond acceptors (Lipinski definition) is 2. The van der Waals surface area contributed by atoms with Crippen molar-refractivity contribution in [2.45, 2.75) is 59.9 Å². The fraction of sp³-hybridized carbons (Fsp3) is 0.857. The zero-order valence-corrected chi connectivity index (χ0v) is 12.0. The Labute approximate surface area is 109 Å². The lowest BCUT2D eigenvalue weighted by molar-refractivity contribution is -0.138. The summed E-state index contributed by atoms with van der Waals surface area (Å²) in [5.74, 6) is -0.802. The van der Waals surface area contributed by atoms with Crippen molar-refractivity contribution in [3.63, 3.8) is 0 Å². The molecule has 1 saturated carbocycles. The number of carbonyl (C=O) groups excluding carboxylic acids is 1. The van der Waals surface area contributed by atoms with E-state index in [-0.39, 0.29) is 35.1 Å². The number of carbonyl (C=O) groups is 2. The van der Waals surface area contributed by atoms with Gasteiger partial charge in [0.2, 0.25) is 5.91 Å². The lowest BCUT2D eigenvalue weighted by Gasteiger charge is -2.26. The van der Waals surface area contributed by atoms with Crippen molar-refractivity contribution in [1.82, 2.24) is 5.32 Å². The van der Waals surface area contributed by atoms with Crippen molar-refractivity contribution in [2.75, 3.05) is 0 Å². The summed E-state index contributed by atoms with van der Waals surface area (Å²) in [6.07, 6.45) is 1.57. The normalized spacial score (nSPS) is 23.3. The minimum atomic E-state index is -0.861. The Balaban J connectivity index is 2.56. The van der Waals surface area contributed by atoms with Gasteiger partial charge in [0.05, 0.1) is 6.42 Å². The number of carboxylic acids is 1. The van der Waals surface area contributed by atoms with Crippen LogP contribution in [0.3, 0.4) is 0 Å². The van der Waals surface area contributed by atoms with Crippen molar-refractivity contribution >= 4 is 11.9 Å². The van der Waals surface area contributed by atoms with Gasteiger partial charge in [-0.3, -0.25) is 9.59 Å². The average molecular weight is 255 g/mol. The van der Waals surface area contributed by atoms with E-state index >= 15 is 0 Å². The van der Waals surface area contributed by atoms with Crippen molar-refractivity contribution < 1.29 is 14.7 Å². The minimum Gasteiger partial charge on any atom is -0.481 e. The number of rotatable bonds is 5. The predicted molar refractivity (Wildman–Crippen MR) is 70.1 cm³/mol. The van der Waals surface area contributed by atoms with Gasteiger partial charge in [0.1, 0.15) is 0 Å². The second kappa shape index (κ2) is 4.90. The Hall–Kier alpha value is -1.06. The van der Waals surface area contributed by atoms with Gasteiger partial charge in [0.15, 0.2) is 0 Å². The first-order valence-electron chi connectivity index (χ1n) is 6.53. The summed E-state index contributed by atoms with van der Waals surface area (Å²) >= 11 is 0. The predicted octanol–water partition coefficient (Wildman–Crippen LogP) is 2.43. The van der Waals surface area contributed by atoms with E-state index < -0.39 is 5.97 Å². The summed E-state index contributed by atoms with van der Waals surface area (Å²) in [5, 5.41) is 11.8. The Bertz CT molecular complexity index is 341. The molecule has 0 aromatic carbocycles. The van der Waals surface area contributed by atoms with Crippen LogP contribution in [0.5, 0.6) is 0 Å². The molecule has 0 aromatic rings. The molecular weight excluding hydrogens is 230 g/mol. The number of carboxylic acid groups (broad SMARTS) is 1. The molecule has 0 heterocycles. The molecule has 2 atom stereocenters. The highest BCUT2D eigenvalue weighted by molar-refractivity contribution is 5.83. The van der Waals surface area contributed by atoms with Crippen molar-refractivity contribution in [1.29, 1.82) is 0 Å². The first-order chi connectivity index (χ1) is 8.01. The largest absolute Gasteiger partial charge is 0.481 e. The third kappa shape index (κ3) is 4.67. The number of amides is 1. The zero-order valence-electron chi connectivity index (χ0n) is 12.0. The van der Waals surface area contributed by atoms with Gasteiger partial charge in [-0.1, -0.05) is 34.6 Å². The quantitative estimate of drug-likeness (QED) is 0.793. The first-order valence-corrected chi connectivity index (χ1v) is 6.53. The minimum absolute atomic E-state index is 0.00381. The third-order valence-corrected chi connectivity index (χ3v) is 3.46. The van der Waals surface area contributed by atoms with E-state index in [4.69, 9.17) is 5.11 Å². The fourth-order valence-electron chi connectivity index (χ4n) is 2.34. The molecule has 18 heavy (non-hydrogen) atoms. The Kier molecular flexibility index (Phi) is 4.08. The molecule has 0 saturated heterocycles. The van der Waals surface area contributed by atoms with E-state index in [1.54, 1.807) is 0 Å². The first kappa shape index (κ1) is 15.0. The molecule has 2 unspecified atom stereocenters. The van der Waals surface area contributed by atoms with E-state index in [0.29, 0.717) is 6.42 Å². The van der Waals surface area contributed by atoms with Gasteiger partial charge < -0.3 is 10.4 Å². The standard InChI is InChI=1S/C14H25NO3/c1-13(2,3)7-9(6-11(16)17)15-12(18)10-8-14(10,4)5/h9-10H,6-8H2,1-5H3,(H,15,18)(H,16,17). The van der Waals surface area contributed by atoms with Gasteiger partial charge in [-0.15, -0.1) is 0 Å². The molecule has 0 aliphatic heterocycles. The van der Waals surface area contributed by atoms with Crippen LogP contribution >= 0.6 is 0 Å². The molecule has 0 aromatic heterocycles. The maximum atomic E-state index is 12.0. The van der Waals surface area contributed by atoms with Gasteiger partial charge in [-0.25, -0.2) is 0 Å². The van der Waals surface area contributed by atoms with E-state index in [2.05, 4.69) is 39.9 Å². The molecule has 4 nitrogen and oxygen atoms in total. The molecular formula is C14H25NO3. The SMILES string of the molecule is CC(C)(C)CC(CC(=O)O)NC(=O)C1CC1(C)C. The van der Waals surface area contributed by atoms with Crippen LogP contribution < -0.4 is 5.32 Å². The monoisotopic (exact) mass is 255 g/mol. The Morgan fingerprint density at radius 2 is 1.89 bits per heavy atom. The van der Waals surface area contributed by atoms with Crippen LogP contribution in [0.15, 0.2) is 0 Å². The molecule has 1 rings (SSSR count). The number of nitrogens with one attached hydrogen (secondary N) is 1. The molecule has 1 fully saturated rings. The molecule has 1 aliphatic rings. The van der Waals surface area contributed by atoms with Crippen LogP contribution in [0.4, 0.5) is 0 Å². The summed E-state index contributed by atoms with van der Waals surface area (Å²) < 4.78 is 0. The van der Waals surface area contributed by atoms with Crippen LogP contribution in [0.2, 0.25) is 0 Å². The molecule has 0 bridgehead atoms. The van der Waals surface area contributed by atoms with Gasteiger partial charge in [-0.2, -0.15) is 0 Å². The van der Waals surface area contributed by atoms with E-state index in [1.807, 2.05) is 0 Å². The summed E-state index contributed by atoms with van der Waals surface area (Å²) in [7, 11) is 0. The van der Waals surface area contributed by atoms with Gasteiger partial charge >= 0.3 is 5.97 Å². The molecule has 1 amide bonds. The molecule has 4 heteroatoms. The maximum Gasteiger partial charge on any atom is 0.305 e. The lowest BCUT2D eigenvalue weighted by Crippen LogP contribution is -2.40. The second-order valence-electron chi connectivity index (χ2n) is 7.31. The fourth-order valence-corrected chi connectivity index (χ4v) is 2.34. The van der Waals surface area contributed by atoms with E-state index in [1.165, 1.54) is 0 Å². The van der Waals surface area contributed by atoms with Gasteiger partial charge in [-0.05, 0) is 23.7 Å². The van der Waals surface area contributed by atoms with Gasteiger partial charge in [0, 0.05) is 12.0 Å². The van der Waals surface area contributed by atoms with Crippen LogP contribution in [-0.2, 0) is 9.59 Å². The van der Waals surface area contributed by atoms with Crippen LogP contribution in [-0.4, -0.2) is 23.0 Å². The number of hydrogen-bond donors (Lipinski definition) is 2. The van der Waals surface area contributed by atoms with Crippen LogP contribution in [0.1, 0.15) is 53.9 Å². The Morgan fingerprint density at radius 3 is 2.22 bits per heavy atom. The highest BCUT2D eigenvalue weighted by atomic mass is 16.4. The summed E-state index contributed by atoms with van der Waals surface area (Å²) in [6, 6.07) is -0.272. The third-order valence-electron chi connectivity index (χ3n) is 3.46. The van der Waals surface area contributed by atoms with Crippen LogP contribution in [0.25, 0.3) is 0 Å². The van der Waals surface area contributed by atoms with Crippen molar-refractivity contribution in [3.8, 4) is 0 Å². The number of aliphatic carboxylic acids is 1. The van der Waals surface area contributed by atoms with E-state index in [0.717, 1.165) is 6.42 Å². The second-order valence-corrected chi connectivity index (χ2v) is 7.31. The molecule has 104 valence electrons. The smallest absolute Gasteiger partial charge is 0.305 e. The maximum absolute atomic E-state index is 12.0. The summed E-state index contributed by atoms with van der Waals surface area (Å²) in [6.45, 7) is 10.3. The Morgan fingerprint density at radius 1 is 1.39 bits per heavy atom. The highest BCUT2D eigenvalue weighted by Crippen LogP contribution is 2.51. The molecule has 1 aliphatic carbocycles. The molecule has 2 N–H and O–H groups in total. The lowest BCUT2D eigenvalue weighted by atomic mass is 9.87. The van der Waals surface area contributed by atoms with Gasteiger partial charge in [0.25, 0.3) is 0 Å². The highest BCUT2D eigenvalue weighted by Gasteiger charge is 2.50. The molecule has 0 spiro atoms. The zero-order chi connectivity index (χ0) is 14.1. The van der Waals surface area contributed by atoms with Crippen molar-refractivity contribution in [3.05, 3.63) is 0 Å². The molecule has 0 radical (unpaired) electrons. The van der Waals surface area contributed by atoms with Crippen molar-refractivity contribution in [2.24, 2.45) is 16.7 Å².